The molecule has 3 heterocycles. The first kappa shape index (κ1) is 16.3. The van der Waals surface area contributed by atoms with Gasteiger partial charge in [-0.15, -0.1) is 0 Å². The van der Waals surface area contributed by atoms with Crippen molar-refractivity contribution in [3.8, 4) is 11.5 Å². The van der Waals surface area contributed by atoms with E-state index < -0.39 is 0 Å². The Balaban J connectivity index is 1.32. The molecule has 2 aliphatic rings. The number of piperazine rings is 1. The number of hydrogen-bond acceptors (Lipinski definition) is 6. The monoisotopic (exact) mass is 340 g/mol. The highest BCUT2D eigenvalue weighted by Crippen LogP contribution is 2.26. The molecule has 2 saturated heterocycles. The normalized spacial score (nSPS) is 24.0. The highest BCUT2D eigenvalue weighted by atomic mass is 16.5. The van der Waals surface area contributed by atoms with Gasteiger partial charge in [-0.2, -0.15) is 0 Å². The maximum absolute atomic E-state index is 6.05. The van der Waals surface area contributed by atoms with E-state index in [2.05, 4.69) is 31.9 Å². The van der Waals surface area contributed by atoms with Crippen LogP contribution in [0, 0.1) is 0 Å². The third-order valence-electron chi connectivity index (χ3n) is 5.07. The number of ether oxygens (including phenoxy) is 2. The minimum absolute atomic E-state index is 0.233. The van der Waals surface area contributed by atoms with E-state index in [4.69, 9.17) is 9.47 Å². The number of nitrogens with zero attached hydrogens (tertiary/aromatic N) is 4. The van der Waals surface area contributed by atoms with Crippen molar-refractivity contribution in [3.63, 3.8) is 0 Å². The van der Waals surface area contributed by atoms with Gasteiger partial charge in [0.25, 0.3) is 0 Å². The predicted octanol–water partition coefficient (Wildman–Crippen LogP) is 1.82. The number of aromatic nitrogens is 2. The molecular weight excluding hydrogens is 316 g/mol. The summed E-state index contributed by atoms with van der Waals surface area (Å²) in [7, 11) is 1.70. The molecule has 25 heavy (non-hydrogen) atoms. The predicted molar refractivity (Wildman–Crippen MR) is 94.7 cm³/mol. The maximum Gasteiger partial charge on any atom is 0.156 e. The lowest BCUT2D eigenvalue weighted by Gasteiger charge is -2.37. The molecule has 2 aromatic rings. The third kappa shape index (κ3) is 3.91. The van der Waals surface area contributed by atoms with Crippen molar-refractivity contribution in [2.24, 2.45) is 0 Å². The molecule has 6 heteroatoms. The molecule has 0 amide bonds. The highest BCUT2D eigenvalue weighted by Gasteiger charge is 2.37. The molecule has 1 aromatic carbocycles. The Morgan fingerprint density at radius 3 is 2.60 bits per heavy atom. The summed E-state index contributed by atoms with van der Waals surface area (Å²) in [4.78, 5) is 13.1. The number of methoxy groups -OCH3 is 1. The van der Waals surface area contributed by atoms with Gasteiger partial charge in [0.2, 0.25) is 0 Å². The van der Waals surface area contributed by atoms with E-state index in [1.807, 2.05) is 12.1 Å². The van der Waals surface area contributed by atoms with Gasteiger partial charge in [-0.05, 0) is 17.7 Å². The minimum Gasteiger partial charge on any atom is -0.497 e. The largest absolute Gasteiger partial charge is 0.497 e. The second-order valence-electron chi connectivity index (χ2n) is 6.78. The molecule has 2 atom stereocenters. The number of benzene rings is 1. The molecule has 6 nitrogen and oxygen atoms in total. The molecule has 0 saturated carbocycles. The molecule has 0 bridgehead atoms. The Morgan fingerprint density at radius 2 is 1.84 bits per heavy atom. The van der Waals surface area contributed by atoms with Crippen LogP contribution in [0.25, 0.3) is 0 Å². The average Bonchev–Trinajstić information content (AvgIpc) is 3.04. The van der Waals surface area contributed by atoms with Crippen LogP contribution in [0.1, 0.15) is 12.0 Å². The quantitative estimate of drug-likeness (QED) is 0.828. The Bertz CT molecular complexity index is 680. The Labute approximate surface area is 148 Å². The fourth-order valence-corrected chi connectivity index (χ4v) is 3.82. The van der Waals surface area contributed by atoms with E-state index >= 15 is 0 Å². The van der Waals surface area contributed by atoms with Crippen molar-refractivity contribution in [1.29, 1.82) is 0 Å². The van der Waals surface area contributed by atoms with E-state index in [1.165, 1.54) is 11.9 Å². The van der Waals surface area contributed by atoms with Crippen LogP contribution in [-0.4, -0.2) is 65.2 Å². The summed E-state index contributed by atoms with van der Waals surface area (Å²) in [6, 6.07) is 8.95. The van der Waals surface area contributed by atoms with Crippen molar-refractivity contribution in [3.05, 3.63) is 48.5 Å². The summed E-state index contributed by atoms with van der Waals surface area (Å²) in [6.45, 7) is 5.29. The van der Waals surface area contributed by atoms with Gasteiger partial charge >= 0.3 is 0 Å². The summed E-state index contributed by atoms with van der Waals surface area (Å²) < 4.78 is 11.3. The van der Waals surface area contributed by atoms with Crippen molar-refractivity contribution in [2.45, 2.75) is 25.1 Å². The van der Waals surface area contributed by atoms with E-state index in [-0.39, 0.29) is 6.10 Å². The van der Waals surface area contributed by atoms with Crippen LogP contribution >= 0.6 is 0 Å². The van der Waals surface area contributed by atoms with Gasteiger partial charge < -0.3 is 9.47 Å². The van der Waals surface area contributed by atoms with Gasteiger partial charge in [-0.1, -0.05) is 12.1 Å². The summed E-state index contributed by atoms with van der Waals surface area (Å²) in [5.74, 6) is 1.68. The molecule has 0 unspecified atom stereocenters. The molecule has 4 rings (SSSR count). The van der Waals surface area contributed by atoms with Crippen LogP contribution in [0.4, 0.5) is 0 Å². The van der Waals surface area contributed by atoms with Crippen LogP contribution < -0.4 is 9.47 Å². The Morgan fingerprint density at radius 1 is 1.04 bits per heavy atom. The van der Waals surface area contributed by atoms with E-state index in [0.717, 1.165) is 50.6 Å². The zero-order valence-corrected chi connectivity index (χ0v) is 14.5. The Hall–Kier alpha value is -2.18. The third-order valence-corrected chi connectivity index (χ3v) is 5.07. The summed E-state index contributed by atoms with van der Waals surface area (Å²) >= 11 is 0. The zero-order chi connectivity index (χ0) is 17.1. The van der Waals surface area contributed by atoms with Crippen LogP contribution in [0.3, 0.4) is 0 Å². The topological polar surface area (TPSA) is 50.7 Å². The fraction of sp³-hybridized carbons (Fsp3) is 0.474. The first-order chi connectivity index (χ1) is 12.3. The maximum atomic E-state index is 6.05. The molecule has 132 valence electrons. The van der Waals surface area contributed by atoms with Gasteiger partial charge in [0, 0.05) is 45.2 Å². The lowest BCUT2D eigenvalue weighted by molar-refractivity contribution is 0.0978. The standard InChI is InChI=1S/C19H24N4O2/c1-24-17-4-2-15(3-5-17)11-22-6-7-23-13-18(8-16(23)12-22)25-19-9-20-14-21-10-19/h2-5,9-10,14,16,18H,6-8,11-13H2,1H3/t16-,18-/m1/s1. The van der Waals surface area contributed by atoms with E-state index in [9.17, 15) is 0 Å². The van der Waals surface area contributed by atoms with Crippen LogP contribution in [0.5, 0.6) is 11.5 Å². The zero-order valence-electron chi connectivity index (χ0n) is 14.5. The molecule has 0 N–H and O–H groups in total. The number of rotatable bonds is 5. The minimum atomic E-state index is 0.233. The summed E-state index contributed by atoms with van der Waals surface area (Å²) in [6.07, 6.45) is 6.30. The molecule has 0 radical (unpaired) electrons. The number of fused-ring (bicyclic) bond motifs is 1. The van der Waals surface area contributed by atoms with Crippen LogP contribution in [-0.2, 0) is 6.54 Å². The second-order valence-corrected chi connectivity index (χ2v) is 6.78. The van der Waals surface area contributed by atoms with Crippen molar-refractivity contribution in [2.75, 3.05) is 33.3 Å². The molecule has 2 fully saturated rings. The summed E-state index contributed by atoms with van der Waals surface area (Å²) in [5.41, 5.74) is 1.33. The fourth-order valence-electron chi connectivity index (χ4n) is 3.82. The highest BCUT2D eigenvalue weighted by molar-refractivity contribution is 5.27. The van der Waals surface area contributed by atoms with Gasteiger partial charge in [-0.25, -0.2) is 9.97 Å². The van der Waals surface area contributed by atoms with Gasteiger partial charge in [-0.3, -0.25) is 9.80 Å². The van der Waals surface area contributed by atoms with Gasteiger partial charge in [0.15, 0.2) is 5.75 Å². The van der Waals surface area contributed by atoms with Crippen molar-refractivity contribution >= 4 is 0 Å². The van der Waals surface area contributed by atoms with Crippen LogP contribution in [0.2, 0.25) is 0 Å². The smallest absolute Gasteiger partial charge is 0.156 e. The molecular formula is C19H24N4O2. The van der Waals surface area contributed by atoms with Crippen LogP contribution in [0.15, 0.2) is 43.0 Å². The van der Waals surface area contributed by atoms with Crippen molar-refractivity contribution < 1.29 is 9.47 Å². The molecule has 2 aliphatic heterocycles. The van der Waals surface area contributed by atoms with Gasteiger partial charge in [0.05, 0.1) is 19.5 Å². The van der Waals surface area contributed by atoms with E-state index in [0.29, 0.717) is 6.04 Å². The second kappa shape index (κ2) is 7.37. The average molecular weight is 340 g/mol. The SMILES string of the molecule is COc1ccc(CN2CCN3C[C@H](Oc4cncnc4)C[C@@H]3C2)cc1. The summed E-state index contributed by atoms with van der Waals surface area (Å²) in [5, 5.41) is 0. The van der Waals surface area contributed by atoms with Gasteiger partial charge in [0.1, 0.15) is 18.2 Å². The number of hydrogen-bond donors (Lipinski definition) is 0. The van der Waals surface area contributed by atoms with Crippen molar-refractivity contribution in [1.82, 2.24) is 19.8 Å². The Kier molecular flexibility index (Phi) is 4.81. The molecule has 1 aromatic heterocycles. The molecule has 0 aliphatic carbocycles. The van der Waals surface area contributed by atoms with E-state index in [1.54, 1.807) is 19.5 Å². The lowest BCUT2D eigenvalue weighted by Crippen LogP contribution is -2.49. The first-order valence-electron chi connectivity index (χ1n) is 8.81. The lowest BCUT2D eigenvalue weighted by atomic mass is 10.1. The molecule has 0 spiro atoms. The first-order valence-corrected chi connectivity index (χ1v) is 8.81.